The monoisotopic (exact) mass is 359 g/mol. The van der Waals surface area contributed by atoms with Crippen LogP contribution in [0, 0.1) is 5.82 Å². The first-order valence-corrected chi connectivity index (χ1v) is 8.23. The molecule has 0 atom stereocenters. The predicted molar refractivity (Wildman–Crippen MR) is 92.2 cm³/mol. The zero-order valence-corrected chi connectivity index (χ0v) is 13.9. The molecule has 3 rings (SSSR count). The van der Waals surface area contributed by atoms with Crippen LogP contribution in [0.5, 0.6) is 11.5 Å². The molecule has 7 heteroatoms. The predicted octanol–water partition coefficient (Wildman–Crippen LogP) is 3.47. The highest BCUT2D eigenvalue weighted by molar-refractivity contribution is 6.04. The fourth-order valence-electron chi connectivity index (χ4n) is 2.42. The summed E-state index contributed by atoms with van der Waals surface area (Å²) in [6, 6.07) is 10.4. The number of rotatable bonds is 7. The summed E-state index contributed by atoms with van der Waals surface area (Å²) in [5.74, 6) is -1.67. The smallest absolute Gasteiger partial charge is 0.341 e. The summed E-state index contributed by atoms with van der Waals surface area (Å²) < 4.78 is 24.7. The Morgan fingerprint density at radius 3 is 2.65 bits per heavy atom. The number of anilines is 1. The summed E-state index contributed by atoms with van der Waals surface area (Å²) in [5.41, 5.74) is 0.563. The van der Waals surface area contributed by atoms with Gasteiger partial charge in [-0.2, -0.15) is 0 Å². The molecule has 2 aromatic carbocycles. The van der Waals surface area contributed by atoms with Crippen LogP contribution in [0.15, 0.2) is 42.5 Å². The van der Waals surface area contributed by atoms with Crippen LogP contribution in [0.2, 0.25) is 0 Å². The lowest BCUT2D eigenvalue weighted by Crippen LogP contribution is -2.25. The summed E-state index contributed by atoms with van der Waals surface area (Å²) in [7, 11) is 0. The van der Waals surface area contributed by atoms with Gasteiger partial charge in [-0.1, -0.05) is 6.07 Å². The first kappa shape index (κ1) is 17.7. The maximum Gasteiger partial charge on any atom is 0.341 e. The van der Waals surface area contributed by atoms with Crippen molar-refractivity contribution >= 4 is 17.6 Å². The van der Waals surface area contributed by atoms with Gasteiger partial charge in [0.15, 0.2) is 18.2 Å². The van der Waals surface area contributed by atoms with Crippen LogP contribution < -0.4 is 14.8 Å². The molecule has 0 spiro atoms. The first-order valence-electron chi connectivity index (χ1n) is 8.23. The molecular weight excluding hydrogens is 341 g/mol. The average molecular weight is 359 g/mol. The van der Waals surface area contributed by atoms with E-state index in [-0.39, 0.29) is 23.2 Å². The van der Waals surface area contributed by atoms with E-state index in [2.05, 4.69) is 5.32 Å². The fourth-order valence-corrected chi connectivity index (χ4v) is 2.42. The highest BCUT2D eigenvalue weighted by atomic mass is 19.1. The molecule has 1 aliphatic rings. The normalized spacial score (nSPS) is 13.6. The van der Waals surface area contributed by atoms with Crippen molar-refractivity contribution in [2.24, 2.45) is 0 Å². The molecule has 0 unspecified atom stereocenters. The summed E-state index contributed by atoms with van der Waals surface area (Å²) in [6.45, 7) is -0.501. The Kier molecular flexibility index (Phi) is 5.36. The molecule has 1 aliphatic carbocycles. The Morgan fingerprint density at radius 2 is 2.00 bits per heavy atom. The summed E-state index contributed by atoms with van der Waals surface area (Å²) in [4.78, 5) is 22.8. The number of ether oxygens (including phenoxy) is 2. The molecule has 1 saturated carbocycles. The standard InChI is InChI=1S/C19H18FNO5/c20-16-10-13(7-8-17(16)26-14-4-2-5-14)21-19(24)12-3-1-6-15(9-12)25-11-18(22)23/h1,3,6-10,14H,2,4-5,11H2,(H,21,24)(H,22,23). The third-order valence-electron chi connectivity index (χ3n) is 3.99. The summed E-state index contributed by atoms with van der Waals surface area (Å²) >= 11 is 0. The van der Waals surface area contributed by atoms with Crippen molar-refractivity contribution in [3.63, 3.8) is 0 Å². The second-order valence-electron chi connectivity index (χ2n) is 5.98. The van der Waals surface area contributed by atoms with E-state index in [0.717, 1.165) is 19.3 Å². The van der Waals surface area contributed by atoms with Crippen molar-refractivity contribution in [1.82, 2.24) is 0 Å². The number of carboxylic acids is 1. The SMILES string of the molecule is O=C(O)COc1cccc(C(=O)Nc2ccc(OC3CCC3)c(F)c2)c1. The molecule has 136 valence electrons. The van der Waals surface area contributed by atoms with Crippen molar-refractivity contribution in [2.75, 3.05) is 11.9 Å². The molecule has 0 saturated heterocycles. The van der Waals surface area contributed by atoms with Gasteiger partial charge < -0.3 is 19.9 Å². The molecule has 0 aliphatic heterocycles. The van der Waals surface area contributed by atoms with E-state index < -0.39 is 24.3 Å². The number of carbonyl (C=O) groups is 2. The van der Waals surface area contributed by atoms with Crippen molar-refractivity contribution < 1.29 is 28.6 Å². The quantitative estimate of drug-likeness (QED) is 0.791. The molecule has 0 bridgehead atoms. The van der Waals surface area contributed by atoms with E-state index in [1.807, 2.05) is 0 Å². The molecule has 1 amide bonds. The van der Waals surface area contributed by atoms with Gasteiger partial charge in [0, 0.05) is 17.3 Å². The maximum absolute atomic E-state index is 14.1. The zero-order chi connectivity index (χ0) is 18.5. The molecule has 26 heavy (non-hydrogen) atoms. The van der Waals surface area contributed by atoms with E-state index in [9.17, 15) is 14.0 Å². The molecule has 2 aromatic rings. The number of halogens is 1. The Bertz CT molecular complexity index is 819. The number of benzene rings is 2. The van der Waals surface area contributed by atoms with Crippen LogP contribution in [0.1, 0.15) is 29.6 Å². The van der Waals surface area contributed by atoms with Crippen LogP contribution in [0.3, 0.4) is 0 Å². The average Bonchev–Trinajstić information content (AvgIpc) is 2.58. The van der Waals surface area contributed by atoms with Gasteiger partial charge in [-0.25, -0.2) is 9.18 Å². The Morgan fingerprint density at radius 1 is 1.19 bits per heavy atom. The van der Waals surface area contributed by atoms with Gasteiger partial charge in [0.2, 0.25) is 0 Å². The van der Waals surface area contributed by atoms with Crippen LogP contribution in [0.4, 0.5) is 10.1 Å². The third kappa shape index (κ3) is 4.50. The van der Waals surface area contributed by atoms with Gasteiger partial charge in [0.1, 0.15) is 5.75 Å². The minimum Gasteiger partial charge on any atom is -0.487 e. The minimum atomic E-state index is -1.11. The number of carbonyl (C=O) groups excluding carboxylic acids is 1. The largest absolute Gasteiger partial charge is 0.487 e. The number of aliphatic carboxylic acids is 1. The molecule has 0 radical (unpaired) electrons. The number of amides is 1. The number of hydrogen-bond donors (Lipinski definition) is 2. The van der Waals surface area contributed by atoms with E-state index in [4.69, 9.17) is 14.6 Å². The third-order valence-corrected chi connectivity index (χ3v) is 3.99. The van der Waals surface area contributed by atoms with Crippen LogP contribution in [-0.2, 0) is 4.79 Å². The minimum absolute atomic E-state index is 0.0680. The number of hydrogen-bond acceptors (Lipinski definition) is 4. The Balaban J connectivity index is 1.64. The molecular formula is C19H18FNO5. The van der Waals surface area contributed by atoms with Crippen LogP contribution >= 0.6 is 0 Å². The molecule has 1 fully saturated rings. The number of carboxylic acid groups (broad SMARTS) is 1. The highest BCUT2D eigenvalue weighted by Crippen LogP contribution is 2.28. The second kappa shape index (κ2) is 7.86. The summed E-state index contributed by atoms with van der Waals surface area (Å²) in [5, 5.41) is 11.2. The van der Waals surface area contributed by atoms with Crippen LogP contribution in [0.25, 0.3) is 0 Å². The first-order chi connectivity index (χ1) is 12.5. The lowest BCUT2D eigenvalue weighted by molar-refractivity contribution is -0.139. The molecule has 0 aromatic heterocycles. The van der Waals surface area contributed by atoms with Gasteiger partial charge in [0.05, 0.1) is 6.10 Å². The van der Waals surface area contributed by atoms with Gasteiger partial charge >= 0.3 is 5.97 Å². The molecule has 2 N–H and O–H groups in total. The van der Waals surface area contributed by atoms with Crippen molar-refractivity contribution in [3.05, 3.63) is 53.8 Å². The van der Waals surface area contributed by atoms with Crippen molar-refractivity contribution in [3.8, 4) is 11.5 Å². The van der Waals surface area contributed by atoms with E-state index in [1.165, 1.54) is 18.2 Å². The highest BCUT2D eigenvalue weighted by Gasteiger charge is 2.20. The Labute approximate surface area is 149 Å². The summed E-state index contributed by atoms with van der Waals surface area (Å²) in [6.07, 6.45) is 3.02. The lowest BCUT2D eigenvalue weighted by Gasteiger charge is -2.26. The molecule has 0 heterocycles. The van der Waals surface area contributed by atoms with Crippen molar-refractivity contribution in [1.29, 1.82) is 0 Å². The van der Waals surface area contributed by atoms with Gasteiger partial charge in [-0.15, -0.1) is 0 Å². The fraction of sp³-hybridized carbons (Fsp3) is 0.263. The lowest BCUT2D eigenvalue weighted by atomic mass is 9.96. The van der Waals surface area contributed by atoms with E-state index >= 15 is 0 Å². The second-order valence-corrected chi connectivity index (χ2v) is 5.98. The maximum atomic E-state index is 14.1. The molecule has 6 nitrogen and oxygen atoms in total. The van der Waals surface area contributed by atoms with Crippen molar-refractivity contribution in [2.45, 2.75) is 25.4 Å². The topological polar surface area (TPSA) is 84.9 Å². The van der Waals surface area contributed by atoms with Gasteiger partial charge in [-0.3, -0.25) is 4.79 Å². The zero-order valence-electron chi connectivity index (χ0n) is 13.9. The van der Waals surface area contributed by atoms with Gasteiger partial charge in [-0.05, 0) is 49.6 Å². The van der Waals surface area contributed by atoms with Gasteiger partial charge in [0.25, 0.3) is 5.91 Å². The van der Waals surface area contributed by atoms with Crippen LogP contribution in [-0.4, -0.2) is 29.7 Å². The Hall–Kier alpha value is -3.09. The number of nitrogens with one attached hydrogen (secondary N) is 1. The van der Waals surface area contributed by atoms with E-state index in [0.29, 0.717) is 5.69 Å². The van der Waals surface area contributed by atoms with E-state index in [1.54, 1.807) is 24.3 Å².